The number of sulfonamides is 2. The number of carbonyl (C=O) groups is 2. The lowest BCUT2D eigenvalue weighted by molar-refractivity contribution is 0.0696. The van der Waals surface area contributed by atoms with E-state index in [1.807, 2.05) is 71.1 Å². The van der Waals surface area contributed by atoms with Crippen LogP contribution in [-0.4, -0.2) is 152 Å². The van der Waals surface area contributed by atoms with Crippen molar-refractivity contribution in [3.63, 3.8) is 0 Å². The third-order valence-electron chi connectivity index (χ3n) is 21.8. The topological polar surface area (TPSA) is 295 Å². The SMILES string of the molecule is CCc1nc2c(cnn2CC)c(NC2CCOCC2)c1CN.CCc1nc2c(cnn2CC)c(NC2CCOCC2)c1CNC(=O)c1cccc(S(=O)(=O)NCc2cccc(-c3cccc(CC4CCN(C)CC4)c3)c2)c1.CN1CCC(Cc2cccc(-c3cccc(CNS(=O)(=O)c4cccc(C(=O)O)c4)c3)c2)CC1. The first-order chi connectivity index (χ1) is 53.8. The van der Waals surface area contributed by atoms with Gasteiger partial charge in [-0.15, -0.1) is 0 Å². The Morgan fingerprint density at radius 2 is 0.883 bits per heavy atom. The standard InChI is InChI=1S/C43H53N7O4S.C27H30N2O4S.C16H25N5O/c1-4-40-38(41(47-36-17-21-54-22-18-36)39-29-45-50(5-2)42(39)48-40)28-44-43(51)35-13-8-14-37(26-35)55(52,53)46-27-32-10-7-12-34(25-32)33-11-6-9-31(24-33)23-30-15-19-49(3)20-16-30;1-29-13-11-20(12-14-29)15-21-5-2-7-23(16-21)24-8-3-6-22(17-24)19-28-34(32,33)26-10-4-9-25(18-26)27(30)31;1-3-14-12(9-17)15(19-11-5-7-22-8-6-11)13-10-18-21(4-2)16(13)20-14/h6-14,24-26,29-30,36,46H,4-5,15-23,27-28H2,1-3H3,(H,44,51)(H,47,48);2-10,16-18,20,28H,11-15,19H2,1H3,(H,30,31);10-11H,3-9,17H2,1-2H3,(H,19,20). The summed E-state index contributed by atoms with van der Waals surface area (Å²) >= 11 is 0. The van der Waals surface area contributed by atoms with Crippen molar-refractivity contribution in [3.8, 4) is 22.3 Å². The van der Waals surface area contributed by atoms with E-state index in [1.54, 1.807) is 12.1 Å². The number of rotatable bonds is 27. The van der Waals surface area contributed by atoms with Gasteiger partial charge in [-0.3, -0.25) is 4.79 Å². The summed E-state index contributed by atoms with van der Waals surface area (Å²) in [5.74, 6) is -0.117. The zero-order valence-electron chi connectivity index (χ0n) is 64.9. The Bertz CT molecular complexity index is 5060. The van der Waals surface area contributed by atoms with Gasteiger partial charge >= 0.3 is 5.97 Å². The summed E-state index contributed by atoms with van der Waals surface area (Å²) in [4.78, 5) is 39.3. The van der Waals surface area contributed by atoms with Crippen molar-refractivity contribution in [2.45, 2.75) is 166 Å². The van der Waals surface area contributed by atoms with Gasteiger partial charge in [0.2, 0.25) is 20.0 Å². The third kappa shape index (κ3) is 21.1. The number of nitrogens with two attached hydrogens (primary N) is 1. The van der Waals surface area contributed by atoms with Crippen LogP contribution >= 0.6 is 0 Å². The van der Waals surface area contributed by atoms with Crippen LogP contribution in [0.2, 0.25) is 0 Å². The van der Waals surface area contributed by atoms with Crippen molar-refractivity contribution in [2.75, 3.05) is 77.3 Å². The Morgan fingerprint density at radius 3 is 1.30 bits per heavy atom. The van der Waals surface area contributed by atoms with Crippen LogP contribution in [0.4, 0.5) is 11.4 Å². The number of carboxylic acids is 1. The number of piperidine rings is 2. The van der Waals surface area contributed by atoms with E-state index in [0.29, 0.717) is 50.6 Å². The number of aromatic nitrogens is 6. The molecule has 4 saturated heterocycles. The molecular formula is C86H108N14O9S2. The number of carbonyl (C=O) groups excluding carboxylic acids is 1. The number of anilines is 2. The van der Waals surface area contributed by atoms with Crippen molar-refractivity contribution >= 4 is 65.4 Å². The Hall–Kier alpha value is -9.28. The highest BCUT2D eigenvalue weighted by Crippen LogP contribution is 2.35. The predicted molar refractivity (Wildman–Crippen MR) is 439 cm³/mol. The fraction of sp³-hybridized carbons (Fsp3) is 0.419. The average Bonchev–Trinajstić information content (AvgIpc) is 1.67. The Balaban J connectivity index is 0.000000173. The minimum absolute atomic E-state index is 0.0316. The summed E-state index contributed by atoms with van der Waals surface area (Å²) in [5.41, 5.74) is 22.7. The van der Waals surface area contributed by atoms with E-state index in [2.05, 4.69) is 135 Å². The molecule has 111 heavy (non-hydrogen) atoms. The van der Waals surface area contributed by atoms with Gasteiger partial charge in [0.15, 0.2) is 11.3 Å². The van der Waals surface area contributed by atoms with Crippen molar-refractivity contribution in [2.24, 2.45) is 17.6 Å². The maximum Gasteiger partial charge on any atom is 0.335 e. The van der Waals surface area contributed by atoms with Crippen LogP contribution in [0, 0.1) is 11.8 Å². The zero-order chi connectivity index (χ0) is 78.0. The van der Waals surface area contributed by atoms with Crippen molar-refractivity contribution in [1.29, 1.82) is 0 Å². The van der Waals surface area contributed by atoms with E-state index in [4.69, 9.17) is 30.3 Å². The molecule has 4 aliphatic heterocycles. The lowest BCUT2D eigenvalue weighted by atomic mass is 9.89. The van der Waals surface area contributed by atoms with Crippen LogP contribution in [0.1, 0.15) is 145 Å². The number of fused-ring (bicyclic) bond motifs is 2. The van der Waals surface area contributed by atoms with Crippen LogP contribution in [0.25, 0.3) is 44.3 Å². The molecule has 23 nitrogen and oxygen atoms in total. The van der Waals surface area contributed by atoms with E-state index in [-0.39, 0.29) is 52.5 Å². The second kappa shape index (κ2) is 38.3. The highest BCUT2D eigenvalue weighted by molar-refractivity contribution is 7.89. The first-order valence-electron chi connectivity index (χ1n) is 39.4. The van der Waals surface area contributed by atoms with Gasteiger partial charge in [0.25, 0.3) is 5.91 Å². The number of benzene rings is 6. The van der Waals surface area contributed by atoms with E-state index >= 15 is 0 Å². The number of nitrogens with one attached hydrogen (secondary N) is 5. The molecule has 8 N–H and O–H groups in total. The minimum Gasteiger partial charge on any atom is -0.478 e. The van der Waals surface area contributed by atoms with Gasteiger partial charge in [0, 0.05) is 106 Å². The number of ether oxygens (including phenoxy) is 2. The summed E-state index contributed by atoms with van der Waals surface area (Å²) in [6.07, 6.45) is 16.2. The zero-order valence-corrected chi connectivity index (χ0v) is 66.5. The van der Waals surface area contributed by atoms with Crippen molar-refractivity contribution < 1.29 is 41.0 Å². The molecule has 10 aromatic rings. The van der Waals surface area contributed by atoms with Gasteiger partial charge in [-0.2, -0.15) is 10.2 Å². The molecule has 25 heteroatoms. The number of hydrogen-bond donors (Lipinski definition) is 7. The van der Waals surface area contributed by atoms with E-state index in [0.717, 1.165) is 186 Å². The Kier molecular flexibility index (Phi) is 28.0. The molecule has 4 aromatic heterocycles. The quantitative estimate of drug-likeness (QED) is 0.0252. The van der Waals surface area contributed by atoms with Crippen molar-refractivity contribution in [3.05, 3.63) is 214 Å². The fourth-order valence-corrected chi connectivity index (χ4v) is 17.4. The monoisotopic (exact) mass is 1540 g/mol. The normalized spacial score (nSPS) is 15.9. The molecule has 0 bridgehead atoms. The smallest absolute Gasteiger partial charge is 0.335 e. The number of aryl methyl sites for hydroxylation is 4. The van der Waals surface area contributed by atoms with Gasteiger partial charge < -0.3 is 46.1 Å². The molecule has 0 saturated carbocycles. The molecule has 6 aromatic carbocycles. The van der Waals surface area contributed by atoms with E-state index in [9.17, 15) is 26.4 Å². The molecule has 0 unspecified atom stereocenters. The molecule has 1 amide bonds. The summed E-state index contributed by atoms with van der Waals surface area (Å²) in [6, 6.07) is 45.3. The number of pyridine rings is 2. The first-order valence-corrected chi connectivity index (χ1v) is 42.3. The lowest BCUT2D eigenvalue weighted by Gasteiger charge is -2.29. The Morgan fingerprint density at radius 1 is 0.495 bits per heavy atom. The highest BCUT2D eigenvalue weighted by Gasteiger charge is 2.27. The number of aromatic carboxylic acids is 1. The second-order valence-corrected chi connectivity index (χ2v) is 33.1. The summed E-state index contributed by atoms with van der Waals surface area (Å²) in [6.45, 7) is 18.4. The average molecular weight is 1550 g/mol. The van der Waals surface area contributed by atoms with Crippen LogP contribution in [-0.2, 0) is 94.5 Å². The van der Waals surface area contributed by atoms with Crippen LogP contribution in [0.5, 0.6) is 0 Å². The van der Waals surface area contributed by atoms with E-state index in [1.165, 1.54) is 67.1 Å². The van der Waals surface area contributed by atoms with Crippen LogP contribution < -0.4 is 31.1 Å². The molecule has 0 aliphatic carbocycles. The summed E-state index contributed by atoms with van der Waals surface area (Å²) in [7, 11) is -3.39. The van der Waals surface area contributed by atoms with Gasteiger partial charge in [0.05, 0.1) is 49.9 Å². The minimum atomic E-state index is -3.92. The molecule has 588 valence electrons. The molecule has 14 rings (SSSR count). The third-order valence-corrected chi connectivity index (χ3v) is 24.6. The number of hydrogen-bond acceptors (Lipinski definition) is 17. The first kappa shape index (κ1) is 81.2. The molecule has 4 fully saturated rings. The molecule has 4 aliphatic rings. The highest BCUT2D eigenvalue weighted by atomic mass is 32.2. The number of amides is 1. The largest absolute Gasteiger partial charge is 0.478 e. The van der Waals surface area contributed by atoms with E-state index < -0.39 is 26.0 Å². The number of carboxylic acid groups (broad SMARTS) is 1. The molecule has 0 radical (unpaired) electrons. The fourth-order valence-electron chi connectivity index (χ4n) is 15.3. The number of likely N-dealkylation sites (tertiary alicyclic amines) is 2. The molecule has 0 atom stereocenters. The molecule has 8 heterocycles. The molecule has 0 spiro atoms. The lowest BCUT2D eigenvalue weighted by Crippen LogP contribution is -2.30. The Labute approximate surface area is 653 Å². The van der Waals surface area contributed by atoms with Gasteiger partial charge in [-0.1, -0.05) is 111 Å². The maximum absolute atomic E-state index is 13.6. The van der Waals surface area contributed by atoms with Gasteiger partial charge in [-0.25, -0.2) is 50.4 Å². The summed E-state index contributed by atoms with van der Waals surface area (Å²) < 4.78 is 72.7. The van der Waals surface area contributed by atoms with Gasteiger partial charge in [0.1, 0.15) is 0 Å². The van der Waals surface area contributed by atoms with Crippen molar-refractivity contribution in [1.82, 2.24) is 54.1 Å². The molecular weight excluding hydrogens is 1440 g/mol. The maximum atomic E-state index is 13.6. The number of nitrogens with zero attached hydrogens (tertiary/aromatic N) is 8. The van der Waals surface area contributed by atoms with Gasteiger partial charge in [-0.05, 0) is 236 Å². The predicted octanol–water partition coefficient (Wildman–Crippen LogP) is 13.0. The van der Waals surface area contributed by atoms with Crippen LogP contribution in [0.3, 0.4) is 0 Å². The van der Waals surface area contributed by atoms with Crippen LogP contribution in [0.15, 0.2) is 168 Å². The summed E-state index contributed by atoms with van der Waals surface area (Å²) in [5, 5.41) is 30.7. The second-order valence-electron chi connectivity index (χ2n) is 29.6.